The van der Waals surface area contributed by atoms with Crippen LogP contribution in [0, 0.1) is 0 Å². The van der Waals surface area contributed by atoms with Gasteiger partial charge in [-0.1, -0.05) is 22.7 Å². The minimum atomic E-state index is -0.483. The molecule has 2 aromatic heterocycles. The molecule has 4 N–H and O–H groups in total. The Morgan fingerprint density at radius 1 is 0.895 bits per heavy atom. The third-order valence-corrected chi connectivity index (χ3v) is 8.57. The van der Waals surface area contributed by atoms with Crippen LogP contribution in [0.3, 0.4) is 0 Å². The fraction of sp³-hybridized carbons (Fsp3) is 0.364. The first-order valence-corrected chi connectivity index (χ1v) is 16.2. The highest BCUT2D eigenvalue weighted by molar-refractivity contribution is 8.76. The van der Waals surface area contributed by atoms with Gasteiger partial charge in [0.15, 0.2) is 0 Å². The predicted molar refractivity (Wildman–Crippen MR) is 166 cm³/mol. The van der Waals surface area contributed by atoms with E-state index in [1.54, 1.807) is 24.3 Å². The van der Waals surface area contributed by atoms with E-state index in [4.69, 9.17) is 0 Å². The number of aldehydes is 1. The van der Waals surface area contributed by atoms with Gasteiger partial charge in [0, 0.05) is 48.5 Å². The van der Waals surface area contributed by atoms with Gasteiger partial charge < -0.3 is 15.4 Å². The Balaban J connectivity index is 1.96. The fourth-order valence-corrected chi connectivity index (χ4v) is 6.19. The number of amides is 2. The number of nitrogens with one attached hydrogen (secondary N) is 4. The molecule has 0 aromatic carbocycles. The minimum absolute atomic E-state index is 0.281. The summed E-state index contributed by atoms with van der Waals surface area (Å²) in [6, 6.07) is 5.71. The molecule has 10 nitrogen and oxygen atoms in total. The Morgan fingerprint density at radius 3 is 1.97 bits per heavy atom. The van der Waals surface area contributed by atoms with Crippen LogP contribution in [-0.4, -0.2) is 81.4 Å². The second-order valence-electron chi connectivity index (χ2n) is 7.30. The van der Waals surface area contributed by atoms with Crippen LogP contribution in [-0.2, 0) is 9.59 Å². The number of nitrogens with zero attached hydrogens (tertiary/aromatic N) is 2. The van der Waals surface area contributed by atoms with Crippen molar-refractivity contribution in [2.45, 2.75) is 12.1 Å². The van der Waals surface area contributed by atoms with Crippen molar-refractivity contribution in [3.8, 4) is 11.4 Å². The van der Waals surface area contributed by atoms with E-state index in [1.165, 1.54) is 46.1 Å². The Bertz CT molecular complexity index is 1080. The molecule has 0 aliphatic carbocycles. The van der Waals surface area contributed by atoms with Crippen LogP contribution >= 0.6 is 71.6 Å². The average molecular weight is 633 g/mol. The van der Waals surface area contributed by atoms with Gasteiger partial charge in [-0.2, -0.15) is 25.3 Å². The van der Waals surface area contributed by atoms with E-state index in [0.29, 0.717) is 47.4 Å². The lowest BCUT2D eigenvalue weighted by molar-refractivity contribution is -0.111. The molecule has 2 aromatic rings. The minimum Gasteiger partial charge on any atom is -0.351 e. The van der Waals surface area contributed by atoms with Gasteiger partial charge in [0.05, 0.1) is 23.2 Å². The van der Waals surface area contributed by atoms with Crippen molar-refractivity contribution in [1.82, 2.24) is 30.0 Å². The lowest BCUT2D eigenvalue weighted by Gasteiger charge is -2.13. The molecule has 0 aliphatic rings. The number of thiol groups is 3. The van der Waals surface area contributed by atoms with Gasteiger partial charge in [-0.05, 0) is 35.2 Å². The molecule has 38 heavy (non-hydrogen) atoms. The number of carbonyl (C=O) groups is 4. The standard InChI is InChI=1S/C22H28N6O4S6/c29-11-14(12-33)27-38-37-10-8-26-21(31)16-4-2-6-24-19(16)18-15(3-1-5-23-18)20(30)25-7-9-36-28-17(13-34)22(32)35/h1-6,11,14,17,27-28,33-34H,7-10,12-13H2,(H,25,30)(H,26,31)(H,32,35)/t14-,17+/m1/s1. The summed E-state index contributed by atoms with van der Waals surface area (Å²) in [7, 11) is 2.78. The summed E-state index contributed by atoms with van der Waals surface area (Å²) in [5.74, 6) is 1.10. The molecule has 2 rings (SSSR count). The van der Waals surface area contributed by atoms with E-state index < -0.39 is 6.04 Å². The van der Waals surface area contributed by atoms with Crippen molar-refractivity contribution in [1.29, 1.82) is 0 Å². The van der Waals surface area contributed by atoms with Crippen molar-refractivity contribution in [3.63, 3.8) is 0 Å². The zero-order valence-corrected chi connectivity index (χ0v) is 25.2. The molecule has 2 heterocycles. The monoisotopic (exact) mass is 632 g/mol. The molecule has 0 fully saturated rings. The normalized spacial score (nSPS) is 12.4. The Kier molecular flexibility index (Phi) is 16.2. The predicted octanol–water partition coefficient (Wildman–Crippen LogP) is 1.98. The summed E-state index contributed by atoms with van der Waals surface area (Å²) >= 11 is 13.3. The van der Waals surface area contributed by atoms with Crippen molar-refractivity contribution in [3.05, 3.63) is 47.8 Å². The summed E-state index contributed by atoms with van der Waals surface area (Å²) < 4.78 is 5.91. The molecule has 206 valence electrons. The van der Waals surface area contributed by atoms with Crippen LogP contribution in [0.25, 0.3) is 11.4 Å². The first-order chi connectivity index (χ1) is 18.4. The summed E-state index contributed by atoms with van der Waals surface area (Å²) in [5.41, 5.74) is 1.16. The fourth-order valence-electron chi connectivity index (χ4n) is 2.74. The SMILES string of the molecule is O=C[C@H](CS)NSSCCNC(=O)c1cccnc1-c1ncccc1C(=O)NCCSN[C@@H](CS)C(=O)S. The molecule has 0 saturated heterocycles. The smallest absolute Gasteiger partial charge is 0.253 e. The molecule has 0 bridgehead atoms. The molecular formula is C22H28N6O4S6. The number of hydrogen-bond acceptors (Lipinski definition) is 13. The third-order valence-electron chi connectivity index (χ3n) is 4.62. The molecule has 2 atom stereocenters. The number of hydrogen-bond donors (Lipinski definition) is 7. The first kappa shape index (κ1) is 32.8. The van der Waals surface area contributed by atoms with E-state index in [9.17, 15) is 19.2 Å². The van der Waals surface area contributed by atoms with Crippen LogP contribution < -0.4 is 20.1 Å². The maximum absolute atomic E-state index is 12.9. The molecule has 16 heteroatoms. The molecular weight excluding hydrogens is 605 g/mol. The Labute approximate surface area is 250 Å². The van der Waals surface area contributed by atoms with Crippen molar-refractivity contribution in [2.24, 2.45) is 0 Å². The van der Waals surface area contributed by atoms with E-state index in [0.717, 1.165) is 6.29 Å². The quantitative estimate of drug-likeness (QED) is 0.0427. The van der Waals surface area contributed by atoms with Crippen molar-refractivity contribution < 1.29 is 19.2 Å². The highest BCUT2D eigenvalue weighted by Gasteiger charge is 2.20. The maximum atomic E-state index is 12.9. The van der Waals surface area contributed by atoms with Gasteiger partial charge in [0.25, 0.3) is 11.8 Å². The van der Waals surface area contributed by atoms with E-state index in [2.05, 4.69) is 67.9 Å². The summed E-state index contributed by atoms with van der Waals surface area (Å²) in [6.07, 6.45) is 3.86. The second-order valence-corrected chi connectivity index (χ2v) is 11.7. The van der Waals surface area contributed by atoms with Gasteiger partial charge in [0.1, 0.15) is 17.7 Å². The molecule has 0 unspecified atom stereocenters. The number of rotatable bonds is 18. The Hall–Kier alpha value is -1.40. The number of aromatic nitrogens is 2. The lowest BCUT2D eigenvalue weighted by Crippen LogP contribution is -2.33. The molecule has 0 spiro atoms. The summed E-state index contributed by atoms with van der Waals surface area (Å²) in [4.78, 5) is 56.6. The first-order valence-electron chi connectivity index (χ1n) is 11.2. The van der Waals surface area contributed by atoms with Gasteiger partial charge >= 0.3 is 0 Å². The molecule has 2 amide bonds. The van der Waals surface area contributed by atoms with Gasteiger partial charge in [-0.15, -0.1) is 12.6 Å². The van der Waals surface area contributed by atoms with Crippen molar-refractivity contribution in [2.75, 3.05) is 36.1 Å². The van der Waals surface area contributed by atoms with Crippen LogP contribution in [0.1, 0.15) is 20.7 Å². The van der Waals surface area contributed by atoms with E-state index in [1.807, 2.05) is 0 Å². The zero-order chi connectivity index (χ0) is 27.8. The molecule has 0 radical (unpaired) electrons. The van der Waals surface area contributed by atoms with Crippen LogP contribution in [0.2, 0.25) is 0 Å². The molecule has 0 saturated carbocycles. The van der Waals surface area contributed by atoms with Gasteiger partial charge in [0.2, 0.25) is 5.12 Å². The van der Waals surface area contributed by atoms with Crippen LogP contribution in [0.15, 0.2) is 36.7 Å². The topological polar surface area (TPSA) is 142 Å². The third kappa shape index (κ3) is 11.0. The van der Waals surface area contributed by atoms with Gasteiger partial charge in [-0.25, -0.2) is 4.72 Å². The zero-order valence-electron chi connectivity index (χ0n) is 20.0. The van der Waals surface area contributed by atoms with Crippen molar-refractivity contribution >= 4 is 94.8 Å². The summed E-state index contributed by atoms with van der Waals surface area (Å²) in [5, 5.41) is 5.36. The van der Waals surface area contributed by atoms with Gasteiger partial charge in [-0.3, -0.25) is 29.1 Å². The maximum Gasteiger partial charge on any atom is 0.253 e. The van der Waals surface area contributed by atoms with Crippen LogP contribution in [0.4, 0.5) is 0 Å². The van der Waals surface area contributed by atoms with E-state index >= 15 is 0 Å². The highest BCUT2D eigenvalue weighted by atomic mass is 33.1. The Morgan fingerprint density at radius 2 is 1.47 bits per heavy atom. The van der Waals surface area contributed by atoms with E-state index in [-0.39, 0.29) is 34.2 Å². The second kappa shape index (κ2) is 18.8. The average Bonchev–Trinajstić information content (AvgIpc) is 2.94. The largest absolute Gasteiger partial charge is 0.351 e. The highest BCUT2D eigenvalue weighted by Crippen LogP contribution is 2.23. The lowest BCUT2D eigenvalue weighted by atomic mass is 10.0. The van der Waals surface area contributed by atoms with Crippen LogP contribution in [0.5, 0.6) is 0 Å². The summed E-state index contributed by atoms with van der Waals surface area (Å²) in [6.45, 7) is 0.708. The number of pyridine rings is 2. The number of carbonyl (C=O) groups excluding carboxylic acids is 4. The molecule has 0 aliphatic heterocycles.